The van der Waals surface area contributed by atoms with Crippen molar-refractivity contribution >= 4 is 35.6 Å². The van der Waals surface area contributed by atoms with E-state index in [2.05, 4.69) is 0 Å². The van der Waals surface area contributed by atoms with Gasteiger partial charge in [0.1, 0.15) is 12.6 Å². The van der Waals surface area contributed by atoms with Crippen LogP contribution in [0.2, 0.25) is 0 Å². The summed E-state index contributed by atoms with van der Waals surface area (Å²) in [5.41, 5.74) is 17.7. The summed E-state index contributed by atoms with van der Waals surface area (Å²) >= 11 is 0. The van der Waals surface area contributed by atoms with Crippen LogP contribution in [-0.2, 0) is 28.8 Å². The molecule has 0 aromatic carbocycles. The maximum absolute atomic E-state index is 12.0. The lowest BCUT2D eigenvalue weighted by Gasteiger charge is -2.26. The highest BCUT2D eigenvalue weighted by Crippen LogP contribution is 2.22. The third-order valence-electron chi connectivity index (χ3n) is 5.63. The number of carboxylic acid groups (broad SMARTS) is 4. The number of carbonyl (C=O) groups is 6. The summed E-state index contributed by atoms with van der Waals surface area (Å²) < 4.78 is 0. The summed E-state index contributed by atoms with van der Waals surface area (Å²) in [4.78, 5) is 67.6. The number of allylic oxidation sites excluding steroid dienone is 6. The number of amides is 1. The molecule has 2 rings (SSSR count). The van der Waals surface area contributed by atoms with Crippen molar-refractivity contribution in [2.75, 3.05) is 6.54 Å². The minimum atomic E-state index is -1.25. The average molecular weight is 551 g/mol. The molecular weight excluding hydrogens is 516 g/mol. The molecule has 0 saturated heterocycles. The van der Waals surface area contributed by atoms with Gasteiger partial charge in [0.2, 0.25) is 5.91 Å². The van der Waals surface area contributed by atoms with Gasteiger partial charge in [0.15, 0.2) is 5.78 Å². The molecule has 0 aromatic rings. The molecule has 1 amide bonds. The summed E-state index contributed by atoms with van der Waals surface area (Å²) in [5.74, 6) is -6.32. The van der Waals surface area contributed by atoms with E-state index in [1.807, 2.05) is 12.2 Å². The Morgan fingerprint density at radius 1 is 0.821 bits per heavy atom. The standard InChI is InChI=1S/C13H18N2O5.C12H16N2O5/c14-9(6-11(16)17)12(18)8-3-1-2-7(4-8)5-10(15)13(19)20;13-9(6-10(15)16)12(19)14(7-11(17)18)8-4-2-1-3-5-8/h1,3-4,8-10H,2,5-6,14-15H2,(H,16,17)(H,19,20);1-2,5,9H,3-4,6-7,13H2,(H,15,16)(H,17,18)/t8?,9-,10-;9-/m00/s1. The Labute approximate surface area is 224 Å². The van der Waals surface area contributed by atoms with E-state index >= 15 is 0 Å². The largest absolute Gasteiger partial charge is 0.481 e. The topological polar surface area (TPSA) is 265 Å². The predicted molar refractivity (Wildman–Crippen MR) is 137 cm³/mol. The molecule has 2 aliphatic carbocycles. The van der Waals surface area contributed by atoms with Crippen LogP contribution < -0.4 is 17.2 Å². The van der Waals surface area contributed by atoms with E-state index in [9.17, 15) is 28.8 Å². The lowest BCUT2D eigenvalue weighted by atomic mass is 9.88. The van der Waals surface area contributed by atoms with E-state index in [4.69, 9.17) is 37.6 Å². The van der Waals surface area contributed by atoms with Crippen LogP contribution in [0.5, 0.6) is 0 Å². The first-order valence-corrected chi connectivity index (χ1v) is 11.9. The molecule has 0 aromatic heterocycles. The summed E-state index contributed by atoms with van der Waals surface area (Å²) in [6.07, 6.45) is 11.2. The molecule has 1 unspecified atom stereocenters. The molecule has 4 atom stereocenters. The molecule has 0 aliphatic heterocycles. The third kappa shape index (κ3) is 11.8. The molecule has 39 heavy (non-hydrogen) atoms. The van der Waals surface area contributed by atoms with Gasteiger partial charge in [0.05, 0.1) is 30.8 Å². The van der Waals surface area contributed by atoms with E-state index in [1.165, 1.54) is 0 Å². The number of rotatable bonds is 13. The fraction of sp³-hybridized carbons (Fsp3) is 0.440. The maximum Gasteiger partial charge on any atom is 0.323 e. The number of hydrogen-bond donors (Lipinski definition) is 7. The number of ketones is 1. The summed E-state index contributed by atoms with van der Waals surface area (Å²) in [6, 6.07) is -3.34. The summed E-state index contributed by atoms with van der Waals surface area (Å²) in [6.45, 7) is -0.522. The van der Waals surface area contributed by atoms with Gasteiger partial charge in [-0.3, -0.25) is 28.8 Å². The van der Waals surface area contributed by atoms with Crippen molar-refractivity contribution in [2.45, 2.75) is 56.7 Å². The van der Waals surface area contributed by atoms with Gasteiger partial charge in [0, 0.05) is 12.1 Å². The molecular formula is C25H34N4O10. The highest BCUT2D eigenvalue weighted by molar-refractivity contribution is 5.92. The molecule has 0 bridgehead atoms. The zero-order valence-electron chi connectivity index (χ0n) is 21.1. The van der Waals surface area contributed by atoms with Gasteiger partial charge < -0.3 is 42.5 Å². The van der Waals surface area contributed by atoms with Gasteiger partial charge in [-0.25, -0.2) is 0 Å². The van der Waals surface area contributed by atoms with E-state index in [-0.39, 0.29) is 6.42 Å². The molecule has 14 nitrogen and oxygen atoms in total. The Kier molecular flexibility index (Phi) is 13.5. The fourth-order valence-electron chi connectivity index (χ4n) is 3.72. The molecule has 10 N–H and O–H groups in total. The van der Waals surface area contributed by atoms with Crippen LogP contribution in [0, 0.1) is 5.92 Å². The monoisotopic (exact) mass is 550 g/mol. The highest BCUT2D eigenvalue weighted by atomic mass is 16.4. The molecule has 2 aliphatic rings. The van der Waals surface area contributed by atoms with Crippen LogP contribution in [0.1, 0.15) is 38.5 Å². The van der Waals surface area contributed by atoms with Gasteiger partial charge in [-0.1, -0.05) is 42.0 Å². The van der Waals surface area contributed by atoms with E-state index in [0.717, 1.165) is 10.5 Å². The van der Waals surface area contributed by atoms with Crippen LogP contribution in [-0.4, -0.2) is 85.6 Å². The van der Waals surface area contributed by atoms with Gasteiger partial charge in [-0.05, 0) is 19.3 Å². The zero-order chi connectivity index (χ0) is 29.7. The second kappa shape index (κ2) is 16.0. The lowest BCUT2D eigenvalue weighted by Crippen LogP contribution is -2.46. The van der Waals surface area contributed by atoms with Gasteiger partial charge >= 0.3 is 23.9 Å². The smallest absolute Gasteiger partial charge is 0.323 e. The van der Waals surface area contributed by atoms with Crippen LogP contribution >= 0.6 is 0 Å². The highest BCUT2D eigenvalue weighted by Gasteiger charge is 2.28. The molecule has 0 heterocycles. The van der Waals surface area contributed by atoms with Crippen molar-refractivity contribution in [3.05, 3.63) is 47.7 Å². The van der Waals surface area contributed by atoms with E-state index < -0.39 is 79.0 Å². The SMILES string of the molecule is N[C@@H](CC(=O)O)C(=O)N(CC(=O)O)C1=CCC=CC1.N[C@@H](CC1=CC(C(=O)[C@@H](N)CC(=O)O)C=CC1)C(=O)O. The zero-order valence-corrected chi connectivity index (χ0v) is 21.1. The Bertz CT molecular complexity index is 1080. The van der Waals surface area contributed by atoms with Crippen LogP contribution in [0.25, 0.3) is 0 Å². The number of aliphatic carboxylic acids is 4. The van der Waals surface area contributed by atoms with Crippen molar-refractivity contribution in [1.29, 1.82) is 0 Å². The third-order valence-corrected chi connectivity index (χ3v) is 5.63. The first kappa shape index (κ1) is 32.9. The Balaban J connectivity index is 0.000000391. The van der Waals surface area contributed by atoms with Crippen molar-refractivity contribution in [3.8, 4) is 0 Å². The van der Waals surface area contributed by atoms with Crippen molar-refractivity contribution in [2.24, 2.45) is 23.1 Å². The first-order valence-electron chi connectivity index (χ1n) is 11.9. The van der Waals surface area contributed by atoms with Crippen LogP contribution in [0.15, 0.2) is 47.7 Å². The lowest BCUT2D eigenvalue weighted by molar-refractivity contribution is -0.145. The second-order valence-electron chi connectivity index (χ2n) is 8.87. The minimum Gasteiger partial charge on any atom is -0.481 e. The quantitative estimate of drug-likeness (QED) is 0.144. The maximum atomic E-state index is 12.0. The van der Waals surface area contributed by atoms with Crippen molar-refractivity contribution < 1.29 is 49.2 Å². The second-order valence-corrected chi connectivity index (χ2v) is 8.87. The van der Waals surface area contributed by atoms with Crippen LogP contribution in [0.3, 0.4) is 0 Å². The summed E-state index contributed by atoms with van der Waals surface area (Å²) in [5, 5.41) is 34.8. The van der Waals surface area contributed by atoms with Gasteiger partial charge in [-0.2, -0.15) is 0 Å². The van der Waals surface area contributed by atoms with Gasteiger partial charge in [-0.15, -0.1) is 0 Å². The van der Waals surface area contributed by atoms with Crippen molar-refractivity contribution in [3.63, 3.8) is 0 Å². The Morgan fingerprint density at radius 3 is 1.95 bits per heavy atom. The Morgan fingerprint density at radius 2 is 1.44 bits per heavy atom. The molecule has 0 radical (unpaired) electrons. The number of carbonyl (C=O) groups excluding carboxylic acids is 2. The number of nitrogens with two attached hydrogens (primary N) is 3. The molecule has 14 heteroatoms. The number of Topliss-reactive ketones (excluding diaryl/α,β-unsaturated/α-hetero) is 1. The number of nitrogens with zero attached hydrogens (tertiary/aromatic N) is 1. The summed E-state index contributed by atoms with van der Waals surface area (Å²) in [7, 11) is 0. The van der Waals surface area contributed by atoms with Crippen LogP contribution in [0.4, 0.5) is 0 Å². The Hall–Kier alpha value is -4.14. The van der Waals surface area contributed by atoms with E-state index in [0.29, 0.717) is 25.0 Å². The first-order chi connectivity index (χ1) is 18.2. The molecule has 0 spiro atoms. The molecule has 0 saturated carbocycles. The van der Waals surface area contributed by atoms with E-state index in [1.54, 1.807) is 24.3 Å². The predicted octanol–water partition coefficient (Wildman–Crippen LogP) is -0.402. The van der Waals surface area contributed by atoms with Gasteiger partial charge in [0.25, 0.3) is 0 Å². The number of hydrogen-bond acceptors (Lipinski definition) is 9. The molecule has 214 valence electrons. The normalized spacial score (nSPS) is 18.3. The molecule has 0 fully saturated rings. The van der Waals surface area contributed by atoms with Crippen molar-refractivity contribution in [1.82, 2.24) is 4.90 Å². The fourth-order valence-corrected chi connectivity index (χ4v) is 3.72. The minimum absolute atomic E-state index is 0.150. The average Bonchev–Trinajstić information content (AvgIpc) is 2.86. The number of carboxylic acids is 4.